The van der Waals surface area contributed by atoms with Crippen molar-refractivity contribution in [3.8, 4) is 11.5 Å². The summed E-state index contributed by atoms with van der Waals surface area (Å²) in [6, 6.07) is 10.1. The molecule has 1 atom stereocenters. The van der Waals surface area contributed by atoms with Gasteiger partial charge in [0.2, 0.25) is 0 Å². The van der Waals surface area contributed by atoms with E-state index in [1.165, 1.54) is 12.3 Å². The van der Waals surface area contributed by atoms with Crippen LogP contribution in [0.25, 0.3) is 0 Å². The molecular weight excluding hydrogens is 401 g/mol. The largest absolute Gasteiger partial charge is 0.507 e. The van der Waals surface area contributed by atoms with Gasteiger partial charge in [-0.2, -0.15) is 5.10 Å². The second-order valence-corrected chi connectivity index (χ2v) is 6.83. The Morgan fingerprint density at radius 2 is 1.96 bits per heavy atom. The summed E-state index contributed by atoms with van der Waals surface area (Å²) in [4.78, 5) is 14.2. The average Bonchev–Trinajstić information content (AvgIpc) is 2.66. The third-order valence-electron chi connectivity index (χ3n) is 4.09. The molecule has 0 spiro atoms. The Kier molecular flexibility index (Phi) is 7.96. The molecule has 1 unspecified atom stereocenters. The van der Waals surface area contributed by atoms with E-state index in [4.69, 9.17) is 27.9 Å². The van der Waals surface area contributed by atoms with Crippen molar-refractivity contribution in [1.29, 1.82) is 0 Å². The highest BCUT2D eigenvalue weighted by atomic mass is 35.5. The van der Waals surface area contributed by atoms with Gasteiger partial charge in [0.15, 0.2) is 6.10 Å². The molecule has 0 aliphatic carbocycles. The lowest BCUT2D eigenvalue weighted by molar-refractivity contribution is -0.127. The first-order valence-electron chi connectivity index (χ1n) is 8.88. The minimum absolute atomic E-state index is 0.0830. The molecule has 2 N–H and O–H groups in total. The van der Waals surface area contributed by atoms with E-state index in [-0.39, 0.29) is 5.75 Å². The van der Waals surface area contributed by atoms with Crippen molar-refractivity contribution in [2.24, 2.45) is 5.10 Å². The van der Waals surface area contributed by atoms with Gasteiger partial charge in [0.05, 0.1) is 11.2 Å². The van der Waals surface area contributed by atoms with Crippen molar-refractivity contribution >= 4 is 41.0 Å². The predicted octanol–water partition coefficient (Wildman–Crippen LogP) is 4.46. The number of hydrogen-bond donors (Lipinski definition) is 2. The quantitative estimate of drug-likeness (QED) is 0.485. The Morgan fingerprint density at radius 1 is 1.25 bits per heavy atom. The Morgan fingerprint density at radius 3 is 2.57 bits per heavy atom. The summed E-state index contributed by atoms with van der Waals surface area (Å²) in [7, 11) is 0. The Hall–Kier alpha value is -2.44. The number of nitrogens with zero attached hydrogens (tertiary/aromatic N) is 2. The molecule has 0 aliphatic heterocycles. The molecular formula is C20H23Cl2N3O3. The predicted molar refractivity (Wildman–Crippen MR) is 114 cm³/mol. The molecule has 6 nitrogen and oxygen atoms in total. The summed E-state index contributed by atoms with van der Waals surface area (Å²) in [6.07, 6.45) is 0.552. The number of benzene rings is 2. The molecule has 0 saturated heterocycles. The number of carbonyl (C=O) groups is 1. The van der Waals surface area contributed by atoms with E-state index in [0.29, 0.717) is 21.4 Å². The summed E-state index contributed by atoms with van der Waals surface area (Å²) >= 11 is 11.9. The summed E-state index contributed by atoms with van der Waals surface area (Å²) in [5.74, 6) is -0.0245. The molecule has 0 heterocycles. The minimum Gasteiger partial charge on any atom is -0.507 e. The summed E-state index contributed by atoms with van der Waals surface area (Å²) in [5.41, 5.74) is 3.80. The first-order valence-corrected chi connectivity index (χ1v) is 9.63. The monoisotopic (exact) mass is 423 g/mol. The Bertz CT molecular complexity index is 855. The fourth-order valence-electron chi connectivity index (χ4n) is 2.50. The van der Waals surface area contributed by atoms with E-state index in [1.807, 2.05) is 19.9 Å². The van der Waals surface area contributed by atoms with Crippen LogP contribution in [0.4, 0.5) is 5.69 Å². The molecule has 1 amide bonds. The molecule has 8 heteroatoms. The van der Waals surface area contributed by atoms with Crippen LogP contribution in [0.1, 0.15) is 26.3 Å². The number of carbonyl (C=O) groups excluding carboxylic acids is 1. The van der Waals surface area contributed by atoms with Crippen molar-refractivity contribution in [3.05, 3.63) is 52.0 Å². The molecule has 150 valence electrons. The van der Waals surface area contributed by atoms with E-state index in [2.05, 4.69) is 15.4 Å². The Balaban J connectivity index is 1.97. The average molecular weight is 424 g/mol. The highest BCUT2D eigenvalue weighted by Crippen LogP contribution is 2.28. The first kappa shape index (κ1) is 21.9. The normalized spacial score (nSPS) is 12.0. The van der Waals surface area contributed by atoms with Crippen LogP contribution in [0.15, 0.2) is 41.5 Å². The summed E-state index contributed by atoms with van der Waals surface area (Å²) < 4.78 is 5.52. The van der Waals surface area contributed by atoms with Crippen molar-refractivity contribution < 1.29 is 14.6 Å². The maximum absolute atomic E-state index is 12.1. The molecule has 0 aliphatic rings. The summed E-state index contributed by atoms with van der Waals surface area (Å²) in [5, 5.41) is 14.8. The number of hydrogen-bond acceptors (Lipinski definition) is 5. The lowest BCUT2D eigenvalue weighted by Crippen LogP contribution is -2.33. The zero-order valence-electron chi connectivity index (χ0n) is 15.9. The number of anilines is 1. The number of halogens is 2. The molecule has 2 aromatic rings. The second-order valence-electron chi connectivity index (χ2n) is 5.98. The van der Waals surface area contributed by atoms with Crippen LogP contribution in [0.3, 0.4) is 0 Å². The highest BCUT2D eigenvalue weighted by molar-refractivity contribution is 6.35. The van der Waals surface area contributed by atoms with Crippen LogP contribution in [0.5, 0.6) is 11.5 Å². The topological polar surface area (TPSA) is 74.2 Å². The van der Waals surface area contributed by atoms with Crippen molar-refractivity contribution in [3.63, 3.8) is 0 Å². The van der Waals surface area contributed by atoms with Gasteiger partial charge in [0.25, 0.3) is 5.91 Å². The van der Waals surface area contributed by atoms with Gasteiger partial charge in [-0.3, -0.25) is 4.79 Å². The van der Waals surface area contributed by atoms with E-state index >= 15 is 0 Å². The number of aromatic hydroxyl groups is 1. The number of nitrogens with one attached hydrogen (secondary N) is 1. The van der Waals surface area contributed by atoms with E-state index in [0.717, 1.165) is 18.8 Å². The molecule has 0 aromatic heterocycles. The SMILES string of the molecule is CCN(CC)c1ccc(C=NNC(=O)C(C)Oc2ccc(Cl)cc2Cl)c(O)c1. The second kappa shape index (κ2) is 10.2. The molecule has 2 rings (SSSR count). The fourth-order valence-corrected chi connectivity index (χ4v) is 2.95. The van der Waals surface area contributed by atoms with Gasteiger partial charge in [0, 0.05) is 35.4 Å². The van der Waals surface area contributed by atoms with Crippen LogP contribution in [0.2, 0.25) is 10.0 Å². The molecule has 0 saturated carbocycles. The van der Waals surface area contributed by atoms with E-state index < -0.39 is 12.0 Å². The van der Waals surface area contributed by atoms with Crippen LogP contribution in [0, 0.1) is 0 Å². The lowest BCUT2D eigenvalue weighted by atomic mass is 10.2. The van der Waals surface area contributed by atoms with E-state index in [9.17, 15) is 9.90 Å². The number of hydrazone groups is 1. The number of rotatable bonds is 8. The number of phenolic OH excluding ortho intramolecular Hbond substituents is 1. The van der Waals surface area contributed by atoms with Crippen molar-refractivity contribution in [1.82, 2.24) is 5.43 Å². The van der Waals surface area contributed by atoms with E-state index in [1.54, 1.807) is 31.2 Å². The van der Waals surface area contributed by atoms with Gasteiger partial charge in [-0.15, -0.1) is 0 Å². The van der Waals surface area contributed by atoms with Crippen LogP contribution in [-0.2, 0) is 4.79 Å². The van der Waals surface area contributed by atoms with Gasteiger partial charge in [0.1, 0.15) is 11.5 Å². The molecule has 2 aromatic carbocycles. The Labute approximate surface area is 174 Å². The maximum atomic E-state index is 12.1. The van der Waals surface area contributed by atoms with Gasteiger partial charge >= 0.3 is 0 Å². The number of phenols is 1. The molecule has 0 radical (unpaired) electrons. The first-order chi connectivity index (χ1) is 13.3. The van der Waals surface area contributed by atoms with Crippen LogP contribution < -0.4 is 15.1 Å². The van der Waals surface area contributed by atoms with Crippen molar-refractivity contribution in [2.45, 2.75) is 26.9 Å². The maximum Gasteiger partial charge on any atom is 0.280 e. The zero-order chi connectivity index (χ0) is 20.7. The zero-order valence-corrected chi connectivity index (χ0v) is 17.5. The number of ether oxygens (including phenoxy) is 1. The van der Waals surface area contributed by atoms with Crippen LogP contribution in [-0.4, -0.2) is 36.4 Å². The molecule has 28 heavy (non-hydrogen) atoms. The highest BCUT2D eigenvalue weighted by Gasteiger charge is 2.16. The number of amides is 1. The summed E-state index contributed by atoms with van der Waals surface area (Å²) in [6.45, 7) is 7.36. The third kappa shape index (κ3) is 5.78. The molecule has 0 fully saturated rings. The van der Waals surface area contributed by atoms with Crippen LogP contribution >= 0.6 is 23.2 Å². The third-order valence-corrected chi connectivity index (χ3v) is 4.62. The standard InChI is InChI=1S/C20H23Cl2N3O3/c1-4-25(5-2)16-8-6-14(18(26)11-16)12-23-24-20(27)13(3)28-19-9-7-15(21)10-17(19)22/h6-13,26H,4-5H2,1-3H3,(H,24,27). The van der Waals surface area contributed by atoms with Gasteiger partial charge in [-0.05, 0) is 51.1 Å². The molecule has 0 bridgehead atoms. The van der Waals surface area contributed by atoms with Gasteiger partial charge in [-0.1, -0.05) is 23.2 Å². The minimum atomic E-state index is -0.825. The lowest BCUT2D eigenvalue weighted by Gasteiger charge is -2.21. The van der Waals surface area contributed by atoms with Crippen molar-refractivity contribution in [2.75, 3.05) is 18.0 Å². The smallest absolute Gasteiger partial charge is 0.280 e. The fraction of sp³-hybridized carbons (Fsp3) is 0.300. The van der Waals surface area contributed by atoms with Gasteiger partial charge < -0.3 is 14.7 Å². The van der Waals surface area contributed by atoms with Gasteiger partial charge in [-0.25, -0.2) is 5.43 Å².